The van der Waals surface area contributed by atoms with Crippen molar-refractivity contribution in [2.45, 2.75) is 0 Å². The highest BCUT2D eigenvalue weighted by atomic mass is 14.8. The molecule has 1 aliphatic carbocycles. The van der Waals surface area contributed by atoms with Gasteiger partial charge >= 0.3 is 0 Å². The van der Waals surface area contributed by atoms with Crippen LogP contribution >= 0.6 is 0 Å². The van der Waals surface area contributed by atoms with Crippen LogP contribution in [0.2, 0.25) is 0 Å². The van der Waals surface area contributed by atoms with Gasteiger partial charge in [0.1, 0.15) is 0 Å². The van der Waals surface area contributed by atoms with Gasteiger partial charge in [0.25, 0.3) is 0 Å². The topological polar surface area (TPSA) is 25.8 Å². The van der Waals surface area contributed by atoms with Crippen LogP contribution in [-0.2, 0) is 0 Å². The summed E-state index contributed by atoms with van der Waals surface area (Å²) >= 11 is 0. The average Bonchev–Trinajstić information content (AvgIpc) is 3.66. The minimum Gasteiger partial charge on any atom is -0.254 e. The number of aromatic nitrogens is 2. The summed E-state index contributed by atoms with van der Waals surface area (Å²) in [5.74, 6) is 0. The monoisotopic (exact) mass is 760 g/mol. The average molecular weight is 761 g/mol. The zero-order valence-corrected chi connectivity index (χ0v) is 32.7. The molecule has 2 heteroatoms. The minimum atomic E-state index is 0.852. The van der Waals surface area contributed by atoms with Crippen molar-refractivity contribution >= 4 is 32.3 Å². The molecular weight excluding hydrogens is 725 g/mol. The molecule has 12 rings (SSSR count). The first-order valence-electron chi connectivity index (χ1n) is 20.6. The van der Waals surface area contributed by atoms with E-state index < -0.39 is 0 Å². The second kappa shape index (κ2) is 13.9. The fourth-order valence-corrected chi connectivity index (χ4v) is 9.51. The van der Waals surface area contributed by atoms with Gasteiger partial charge in [-0.25, -0.2) is 4.98 Å². The molecule has 2 nitrogen and oxygen atoms in total. The van der Waals surface area contributed by atoms with Crippen LogP contribution in [0.1, 0.15) is 0 Å². The SMILES string of the molecule is c1ccc(-c2c3c(c(-c4ccccc4)c4ccccc24)-c2ccc(-c4ccc(-c5ccc(-c6cccc(-c7ccc8ccccc8c7)n6)nc5)cc4)c4cccc-3c24)cc1. The molecule has 0 fully saturated rings. The molecule has 0 unspecified atom stereocenters. The molecule has 60 heavy (non-hydrogen) atoms. The largest absolute Gasteiger partial charge is 0.254 e. The Morgan fingerprint density at radius 1 is 0.267 bits per heavy atom. The highest BCUT2D eigenvalue weighted by molar-refractivity contribution is 6.28. The van der Waals surface area contributed by atoms with Crippen LogP contribution in [-0.4, -0.2) is 9.97 Å². The Kier molecular flexibility index (Phi) is 7.89. The maximum absolute atomic E-state index is 5.01. The molecule has 0 saturated carbocycles. The predicted octanol–water partition coefficient (Wildman–Crippen LogP) is 15.6. The maximum atomic E-state index is 5.01. The van der Waals surface area contributed by atoms with Crippen molar-refractivity contribution in [3.8, 4) is 89.4 Å². The third kappa shape index (κ3) is 5.50. The summed E-state index contributed by atoms with van der Waals surface area (Å²) < 4.78 is 0. The molecule has 2 aromatic heterocycles. The fraction of sp³-hybridized carbons (Fsp3) is 0. The lowest BCUT2D eigenvalue weighted by Crippen LogP contribution is -1.93. The van der Waals surface area contributed by atoms with Crippen LogP contribution in [0, 0.1) is 0 Å². The zero-order chi connectivity index (χ0) is 39.6. The van der Waals surface area contributed by atoms with Crippen molar-refractivity contribution in [1.29, 1.82) is 0 Å². The number of hydrogen-bond donors (Lipinski definition) is 0. The molecule has 0 amide bonds. The highest BCUT2D eigenvalue weighted by Crippen LogP contribution is 2.58. The van der Waals surface area contributed by atoms with Gasteiger partial charge in [0, 0.05) is 17.3 Å². The fourth-order valence-electron chi connectivity index (χ4n) is 9.51. The van der Waals surface area contributed by atoms with Gasteiger partial charge in [0.05, 0.1) is 17.1 Å². The number of nitrogens with zero attached hydrogens (tertiary/aromatic N) is 2. The van der Waals surface area contributed by atoms with Gasteiger partial charge in [-0.1, -0.05) is 188 Å². The third-order valence-corrected chi connectivity index (χ3v) is 12.3. The summed E-state index contributed by atoms with van der Waals surface area (Å²) in [5.41, 5.74) is 18.6. The number of fused-ring (bicyclic) bond motifs is 5. The van der Waals surface area contributed by atoms with Gasteiger partial charge < -0.3 is 0 Å². The van der Waals surface area contributed by atoms with Crippen molar-refractivity contribution in [2.75, 3.05) is 0 Å². The molecule has 0 saturated heterocycles. The van der Waals surface area contributed by atoms with E-state index in [-0.39, 0.29) is 0 Å². The van der Waals surface area contributed by atoms with Crippen molar-refractivity contribution < 1.29 is 0 Å². The summed E-state index contributed by atoms with van der Waals surface area (Å²) in [6.45, 7) is 0. The van der Waals surface area contributed by atoms with Crippen LogP contribution in [0.25, 0.3) is 122 Å². The lowest BCUT2D eigenvalue weighted by Gasteiger charge is -2.20. The Hall–Kier alpha value is -7.94. The van der Waals surface area contributed by atoms with Crippen molar-refractivity contribution in [1.82, 2.24) is 9.97 Å². The molecule has 0 N–H and O–H groups in total. The molecule has 0 bridgehead atoms. The summed E-state index contributed by atoms with van der Waals surface area (Å²) in [4.78, 5) is 9.91. The molecule has 0 aliphatic heterocycles. The van der Waals surface area contributed by atoms with Gasteiger partial charge in [0.15, 0.2) is 0 Å². The standard InChI is InChI=1S/C58H36N2/c1-3-14-40(15-4-1)54-47-19-9-10-20-48(47)55(41-16-5-2-6-17-41)58-50-33-32-45(46-21-11-22-49(56(46)50)57(54)58)39-28-25-38(26-29-39)44-31-34-52(59-36-44)53-24-12-23-51(60-53)43-30-27-37-13-7-8-18-42(37)35-43/h1-36H. The normalized spacial score (nSPS) is 11.7. The second-order valence-corrected chi connectivity index (χ2v) is 15.6. The van der Waals surface area contributed by atoms with E-state index in [1.165, 1.54) is 88.0 Å². The van der Waals surface area contributed by atoms with Crippen LogP contribution in [0.4, 0.5) is 0 Å². The number of hydrogen-bond acceptors (Lipinski definition) is 2. The number of rotatable bonds is 6. The molecule has 11 aromatic rings. The van der Waals surface area contributed by atoms with Gasteiger partial charge in [0.2, 0.25) is 0 Å². The van der Waals surface area contributed by atoms with E-state index in [2.05, 4.69) is 206 Å². The van der Waals surface area contributed by atoms with Crippen molar-refractivity contribution in [3.63, 3.8) is 0 Å². The molecule has 278 valence electrons. The number of pyridine rings is 2. The van der Waals surface area contributed by atoms with Crippen molar-refractivity contribution in [3.05, 3.63) is 219 Å². The number of benzene rings is 9. The molecule has 0 radical (unpaired) electrons. The second-order valence-electron chi connectivity index (χ2n) is 15.6. The van der Waals surface area contributed by atoms with Crippen LogP contribution in [0.5, 0.6) is 0 Å². The Labute approximate surface area is 348 Å². The zero-order valence-electron chi connectivity index (χ0n) is 32.7. The summed E-state index contributed by atoms with van der Waals surface area (Å²) in [7, 11) is 0. The first-order valence-corrected chi connectivity index (χ1v) is 20.6. The summed E-state index contributed by atoms with van der Waals surface area (Å²) in [6, 6.07) is 76.6. The Bertz CT molecular complexity index is 3350. The highest BCUT2D eigenvalue weighted by Gasteiger charge is 2.31. The van der Waals surface area contributed by atoms with E-state index in [9.17, 15) is 0 Å². The van der Waals surface area contributed by atoms with E-state index in [1.807, 2.05) is 12.3 Å². The van der Waals surface area contributed by atoms with E-state index >= 15 is 0 Å². The molecule has 0 atom stereocenters. The van der Waals surface area contributed by atoms with E-state index in [0.29, 0.717) is 0 Å². The smallest absolute Gasteiger partial charge is 0.0893 e. The van der Waals surface area contributed by atoms with Gasteiger partial charge in [-0.05, 0) is 118 Å². The summed E-state index contributed by atoms with van der Waals surface area (Å²) in [5, 5.41) is 7.56. The van der Waals surface area contributed by atoms with Crippen LogP contribution < -0.4 is 0 Å². The Morgan fingerprint density at radius 2 is 0.817 bits per heavy atom. The van der Waals surface area contributed by atoms with Gasteiger partial charge in [-0.15, -0.1) is 0 Å². The molecule has 0 spiro atoms. The molecular formula is C58H36N2. The van der Waals surface area contributed by atoms with E-state index in [0.717, 1.165) is 33.8 Å². The first-order chi connectivity index (χ1) is 29.8. The Balaban J connectivity index is 0.922. The van der Waals surface area contributed by atoms with Crippen LogP contribution in [0.3, 0.4) is 0 Å². The van der Waals surface area contributed by atoms with E-state index in [1.54, 1.807) is 0 Å². The van der Waals surface area contributed by atoms with Crippen LogP contribution in [0.15, 0.2) is 219 Å². The molecule has 9 aromatic carbocycles. The maximum Gasteiger partial charge on any atom is 0.0893 e. The summed E-state index contributed by atoms with van der Waals surface area (Å²) in [6.07, 6.45) is 1.96. The van der Waals surface area contributed by atoms with Gasteiger partial charge in [-0.3, -0.25) is 4.98 Å². The van der Waals surface area contributed by atoms with E-state index in [4.69, 9.17) is 9.97 Å². The molecule has 1 aliphatic rings. The predicted molar refractivity (Wildman–Crippen MR) is 252 cm³/mol. The van der Waals surface area contributed by atoms with Gasteiger partial charge in [-0.2, -0.15) is 0 Å². The third-order valence-electron chi connectivity index (χ3n) is 12.3. The lowest BCUT2D eigenvalue weighted by atomic mass is 9.82. The lowest BCUT2D eigenvalue weighted by molar-refractivity contribution is 1.25. The van der Waals surface area contributed by atoms with Crippen molar-refractivity contribution in [2.24, 2.45) is 0 Å². The first kappa shape index (κ1) is 34.1. The quantitative estimate of drug-likeness (QED) is 0.169. The molecule has 2 heterocycles. The Morgan fingerprint density at radius 3 is 1.52 bits per heavy atom. The minimum absolute atomic E-state index is 0.852.